The molecule has 1 fully saturated rings. The van der Waals surface area contributed by atoms with Gasteiger partial charge in [0.2, 0.25) is 0 Å². The second-order valence-corrected chi connectivity index (χ2v) is 4.73. The van der Waals surface area contributed by atoms with Gasteiger partial charge in [0.15, 0.2) is 0 Å². The first-order valence-electron chi connectivity index (χ1n) is 5.30. The molecule has 1 aliphatic heterocycles. The molecule has 0 radical (unpaired) electrons. The van der Waals surface area contributed by atoms with E-state index in [1.54, 1.807) is 6.07 Å². The molecule has 0 aromatic heterocycles. The summed E-state index contributed by atoms with van der Waals surface area (Å²) in [6, 6.07) is 4.22. The van der Waals surface area contributed by atoms with Gasteiger partial charge in [-0.2, -0.15) is 0 Å². The number of benzene rings is 1. The normalized spacial score (nSPS) is 18.6. The highest BCUT2D eigenvalue weighted by atomic mass is 79.9. The van der Waals surface area contributed by atoms with Gasteiger partial charge in [-0.15, -0.1) is 0 Å². The summed E-state index contributed by atoms with van der Waals surface area (Å²) in [5, 5.41) is 10.9. The van der Waals surface area contributed by atoms with E-state index in [1.165, 1.54) is 12.1 Å². The molecule has 0 aliphatic carbocycles. The fourth-order valence-electron chi connectivity index (χ4n) is 1.65. The van der Waals surface area contributed by atoms with Crippen molar-refractivity contribution in [1.29, 1.82) is 0 Å². The Balaban J connectivity index is 2.20. The molecule has 1 atom stereocenters. The van der Waals surface area contributed by atoms with Crippen molar-refractivity contribution in [2.75, 3.05) is 13.2 Å². The lowest BCUT2D eigenvalue weighted by molar-refractivity contribution is -0.385. The Hall–Kier alpha value is -1.47. The van der Waals surface area contributed by atoms with Crippen LogP contribution in [-0.2, 0) is 9.47 Å². The third-order valence-electron chi connectivity index (χ3n) is 2.54. The van der Waals surface area contributed by atoms with E-state index in [9.17, 15) is 14.9 Å². The molecule has 1 heterocycles. The van der Waals surface area contributed by atoms with Crippen LogP contribution in [0.4, 0.5) is 5.69 Å². The van der Waals surface area contributed by atoms with Gasteiger partial charge in [-0.25, -0.2) is 4.79 Å². The van der Waals surface area contributed by atoms with E-state index in [0.717, 1.165) is 0 Å². The fraction of sp³-hybridized carbons (Fsp3) is 0.364. The number of nitro benzene ring substituents is 1. The number of carbonyl (C=O) groups is 1. The molecule has 2 rings (SSSR count). The second-order valence-electron chi connectivity index (χ2n) is 3.81. The molecule has 1 saturated heterocycles. The van der Waals surface area contributed by atoms with Gasteiger partial charge in [0.1, 0.15) is 11.7 Å². The first kappa shape index (κ1) is 13.0. The zero-order valence-corrected chi connectivity index (χ0v) is 10.9. The summed E-state index contributed by atoms with van der Waals surface area (Å²) in [4.78, 5) is 22.1. The van der Waals surface area contributed by atoms with E-state index in [2.05, 4.69) is 15.9 Å². The zero-order valence-electron chi connectivity index (χ0n) is 9.30. The minimum absolute atomic E-state index is 0.0462. The largest absolute Gasteiger partial charge is 0.456 e. The van der Waals surface area contributed by atoms with Crippen LogP contribution in [0.5, 0.6) is 0 Å². The van der Waals surface area contributed by atoms with Crippen LogP contribution >= 0.6 is 15.9 Å². The first-order chi connectivity index (χ1) is 8.58. The van der Waals surface area contributed by atoms with Crippen LogP contribution in [0.15, 0.2) is 22.7 Å². The van der Waals surface area contributed by atoms with Gasteiger partial charge < -0.3 is 9.47 Å². The van der Waals surface area contributed by atoms with Crippen LogP contribution in [0, 0.1) is 10.1 Å². The molecule has 0 spiro atoms. The van der Waals surface area contributed by atoms with Crippen molar-refractivity contribution in [3.8, 4) is 0 Å². The quantitative estimate of drug-likeness (QED) is 0.486. The van der Waals surface area contributed by atoms with E-state index in [1.807, 2.05) is 0 Å². The molecule has 1 aromatic rings. The van der Waals surface area contributed by atoms with E-state index < -0.39 is 10.9 Å². The summed E-state index contributed by atoms with van der Waals surface area (Å²) in [7, 11) is 0. The number of esters is 1. The summed E-state index contributed by atoms with van der Waals surface area (Å²) in [5.41, 5.74) is -0.316. The Morgan fingerprint density at radius 1 is 1.56 bits per heavy atom. The Kier molecular flexibility index (Phi) is 3.93. The molecule has 18 heavy (non-hydrogen) atoms. The van der Waals surface area contributed by atoms with Gasteiger partial charge >= 0.3 is 5.97 Å². The van der Waals surface area contributed by atoms with E-state index >= 15 is 0 Å². The minimum atomic E-state index is -0.690. The maximum Gasteiger partial charge on any atom is 0.345 e. The predicted molar refractivity (Wildman–Crippen MR) is 65.4 cm³/mol. The Morgan fingerprint density at radius 3 is 2.94 bits per heavy atom. The van der Waals surface area contributed by atoms with Gasteiger partial charge in [0, 0.05) is 17.0 Å². The molecule has 96 valence electrons. The molecule has 1 aromatic carbocycles. The number of halogens is 1. The number of ether oxygens (including phenoxy) is 2. The number of nitro groups is 1. The van der Waals surface area contributed by atoms with Crippen LogP contribution < -0.4 is 0 Å². The van der Waals surface area contributed by atoms with Crippen LogP contribution in [0.1, 0.15) is 16.8 Å². The lowest BCUT2D eigenvalue weighted by Crippen LogP contribution is -2.18. The second kappa shape index (κ2) is 5.45. The molecule has 6 nitrogen and oxygen atoms in total. The van der Waals surface area contributed by atoms with Crippen molar-refractivity contribution in [2.24, 2.45) is 0 Å². The van der Waals surface area contributed by atoms with Crippen molar-refractivity contribution in [3.63, 3.8) is 0 Å². The Labute approximate surface area is 111 Å². The van der Waals surface area contributed by atoms with Gasteiger partial charge in [-0.3, -0.25) is 10.1 Å². The highest BCUT2D eigenvalue weighted by molar-refractivity contribution is 9.10. The smallest absolute Gasteiger partial charge is 0.345 e. The summed E-state index contributed by atoms with van der Waals surface area (Å²) < 4.78 is 10.8. The van der Waals surface area contributed by atoms with Crippen molar-refractivity contribution < 1.29 is 19.2 Å². The van der Waals surface area contributed by atoms with Crippen LogP contribution in [0.25, 0.3) is 0 Å². The maximum absolute atomic E-state index is 11.8. The number of nitrogens with zero attached hydrogens (tertiary/aromatic N) is 1. The third-order valence-corrected chi connectivity index (χ3v) is 3.03. The highest BCUT2D eigenvalue weighted by Gasteiger charge is 2.26. The summed E-state index contributed by atoms with van der Waals surface area (Å²) in [6.45, 7) is 0.885. The maximum atomic E-state index is 11.8. The topological polar surface area (TPSA) is 78.7 Å². The monoisotopic (exact) mass is 315 g/mol. The summed E-state index contributed by atoms with van der Waals surface area (Å²) >= 11 is 3.13. The number of hydrogen-bond acceptors (Lipinski definition) is 5. The number of rotatable bonds is 3. The standard InChI is InChI=1S/C11H10BrNO5/c12-7-1-2-9(10(5-7)13(15)16)11(14)18-8-3-4-17-6-8/h1-2,5,8H,3-4,6H2. The predicted octanol–water partition coefficient (Wildman–Crippen LogP) is 2.30. The highest BCUT2D eigenvalue weighted by Crippen LogP contribution is 2.25. The fourth-order valence-corrected chi connectivity index (χ4v) is 2.00. The summed E-state index contributed by atoms with van der Waals surface area (Å²) in [6.07, 6.45) is 0.302. The molecule has 0 saturated carbocycles. The lowest BCUT2D eigenvalue weighted by Gasteiger charge is -2.10. The van der Waals surface area contributed by atoms with Crippen LogP contribution in [0.2, 0.25) is 0 Å². The Bertz CT molecular complexity index is 484. The molecular weight excluding hydrogens is 306 g/mol. The molecule has 0 bridgehead atoms. The molecule has 1 aliphatic rings. The number of carbonyl (C=O) groups excluding carboxylic acids is 1. The Morgan fingerprint density at radius 2 is 2.33 bits per heavy atom. The van der Waals surface area contributed by atoms with Gasteiger partial charge in [0.05, 0.1) is 18.1 Å². The molecule has 7 heteroatoms. The molecule has 1 unspecified atom stereocenters. The van der Waals surface area contributed by atoms with E-state index in [4.69, 9.17) is 9.47 Å². The van der Waals surface area contributed by atoms with Gasteiger partial charge in [-0.1, -0.05) is 15.9 Å². The SMILES string of the molecule is O=C(OC1CCOC1)c1ccc(Br)cc1[N+](=O)[O-]. The van der Waals surface area contributed by atoms with Crippen molar-refractivity contribution in [3.05, 3.63) is 38.3 Å². The van der Waals surface area contributed by atoms with E-state index in [0.29, 0.717) is 24.1 Å². The van der Waals surface area contributed by atoms with Crippen molar-refractivity contribution >= 4 is 27.6 Å². The molecule has 0 amide bonds. The zero-order chi connectivity index (χ0) is 13.1. The lowest BCUT2D eigenvalue weighted by atomic mass is 10.2. The average Bonchev–Trinajstić information content (AvgIpc) is 2.81. The van der Waals surface area contributed by atoms with Crippen molar-refractivity contribution in [1.82, 2.24) is 0 Å². The number of hydrogen-bond donors (Lipinski definition) is 0. The van der Waals surface area contributed by atoms with Gasteiger partial charge in [0.25, 0.3) is 5.69 Å². The van der Waals surface area contributed by atoms with Gasteiger partial charge in [-0.05, 0) is 12.1 Å². The first-order valence-corrected chi connectivity index (χ1v) is 6.10. The van der Waals surface area contributed by atoms with Crippen LogP contribution in [-0.4, -0.2) is 30.2 Å². The molecule has 0 N–H and O–H groups in total. The van der Waals surface area contributed by atoms with E-state index in [-0.39, 0.29) is 17.4 Å². The summed E-state index contributed by atoms with van der Waals surface area (Å²) in [5.74, 6) is -0.690. The van der Waals surface area contributed by atoms with Crippen molar-refractivity contribution in [2.45, 2.75) is 12.5 Å². The third kappa shape index (κ3) is 2.85. The minimum Gasteiger partial charge on any atom is -0.456 e. The average molecular weight is 316 g/mol. The van der Waals surface area contributed by atoms with Crippen LogP contribution in [0.3, 0.4) is 0 Å². The molecular formula is C11H10BrNO5.